The summed E-state index contributed by atoms with van der Waals surface area (Å²) >= 11 is 0. The number of rotatable bonds is 4. The first-order chi connectivity index (χ1) is 11.6. The zero-order chi connectivity index (χ0) is 17.1. The van der Waals surface area contributed by atoms with E-state index >= 15 is 0 Å². The summed E-state index contributed by atoms with van der Waals surface area (Å²) in [7, 11) is 0. The number of hydrogen-bond acceptors (Lipinski definition) is 4. The van der Waals surface area contributed by atoms with Crippen LogP contribution in [0.25, 0.3) is 0 Å². The highest BCUT2D eigenvalue weighted by Crippen LogP contribution is 2.35. The molecule has 8 heteroatoms. The fraction of sp³-hybridized carbons (Fsp3) is 0.471. The largest absolute Gasteiger partial charge is 0.480 e. The summed E-state index contributed by atoms with van der Waals surface area (Å²) in [6, 6.07) is 6.93. The third kappa shape index (κ3) is 4.11. The molecule has 0 bridgehead atoms. The Morgan fingerprint density at radius 3 is 2.44 bits per heavy atom. The van der Waals surface area contributed by atoms with Gasteiger partial charge in [0.25, 0.3) is 0 Å². The zero-order valence-corrected chi connectivity index (χ0v) is 14.5. The van der Waals surface area contributed by atoms with Crippen molar-refractivity contribution in [1.82, 2.24) is 10.2 Å². The second-order valence-corrected chi connectivity index (χ2v) is 6.32. The van der Waals surface area contributed by atoms with Gasteiger partial charge in [-0.1, -0.05) is 18.2 Å². The number of imide groups is 1. The highest BCUT2D eigenvalue weighted by molar-refractivity contribution is 6.11. The van der Waals surface area contributed by atoms with E-state index < -0.39 is 29.9 Å². The Morgan fingerprint density at radius 1 is 1.20 bits per heavy atom. The van der Waals surface area contributed by atoms with Crippen LogP contribution in [-0.4, -0.2) is 47.0 Å². The Balaban J connectivity index is 0.00000225. The molecule has 3 N–H and O–H groups in total. The molecular formula is C17H22ClN3O4. The van der Waals surface area contributed by atoms with Gasteiger partial charge in [-0.05, 0) is 50.4 Å². The van der Waals surface area contributed by atoms with E-state index in [1.807, 2.05) is 0 Å². The molecule has 0 aromatic heterocycles. The average molecular weight is 368 g/mol. The summed E-state index contributed by atoms with van der Waals surface area (Å²) in [5.41, 5.74) is 0.529. The van der Waals surface area contributed by atoms with Crippen LogP contribution in [0.3, 0.4) is 0 Å². The lowest BCUT2D eigenvalue weighted by Gasteiger charge is -2.44. The topological polar surface area (TPSA) is 98.7 Å². The highest BCUT2D eigenvalue weighted by Gasteiger charge is 2.55. The molecule has 25 heavy (non-hydrogen) atoms. The molecule has 136 valence electrons. The lowest BCUT2D eigenvalue weighted by Crippen LogP contribution is -2.67. The molecule has 2 aliphatic heterocycles. The lowest BCUT2D eigenvalue weighted by atomic mass is 9.78. The first-order valence-corrected chi connectivity index (χ1v) is 8.20. The molecule has 2 atom stereocenters. The molecule has 2 heterocycles. The van der Waals surface area contributed by atoms with E-state index in [2.05, 4.69) is 10.6 Å². The molecule has 2 fully saturated rings. The van der Waals surface area contributed by atoms with Crippen LogP contribution in [0, 0.1) is 11.8 Å². The number of carboxylic acid groups (broad SMARTS) is 1. The van der Waals surface area contributed by atoms with E-state index in [1.165, 1.54) is 0 Å². The molecule has 1 aromatic rings. The molecule has 3 amide bonds. The number of urea groups is 1. The van der Waals surface area contributed by atoms with E-state index in [4.69, 9.17) is 0 Å². The average Bonchev–Trinajstić information content (AvgIpc) is 2.58. The lowest BCUT2D eigenvalue weighted by molar-refractivity contribution is -0.166. The van der Waals surface area contributed by atoms with Gasteiger partial charge in [-0.2, -0.15) is 0 Å². The molecule has 0 saturated carbocycles. The van der Waals surface area contributed by atoms with Crippen molar-refractivity contribution in [2.75, 3.05) is 18.4 Å². The van der Waals surface area contributed by atoms with E-state index in [9.17, 15) is 19.5 Å². The first-order valence-electron chi connectivity index (χ1n) is 8.20. The number of amides is 3. The van der Waals surface area contributed by atoms with Crippen molar-refractivity contribution in [3.05, 3.63) is 30.3 Å². The van der Waals surface area contributed by atoms with Crippen molar-refractivity contribution < 1.29 is 19.5 Å². The number of carbonyl (C=O) groups excluding carboxylic acids is 2. The number of likely N-dealkylation sites (tertiary alicyclic amines) is 1. The van der Waals surface area contributed by atoms with Gasteiger partial charge in [0.05, 0.1) is 5.92 Å². The summed E-state index contributed by atoms with van der Waals surface area (Å²) in [6.07, 6.45) is 2.41. The number of benzene rings is 1. The zero-order valence-electron chi connectivity index (χ0n) is 13.7. The fourth-order valence-corrected chi connectivity index (χ4v) is 3.47. The minimum Gasteiger partial charge on any atom is -0.480 e. The number of β-lactam (4-membered cyclic amide) rings is 1. The van der Waals surface area contributed by atoms with Crippen LogP contribution in [0.1, 0.15) is 19.3 Å². The van der Waals surface area contributed by atoms with Crippen LogP contribution in [0.15, 0.2) is 30.3 Å². The molecule has 2 saturated heterocycles. The molecule has 0 radical (unpaired) electrons. The fourth-order valence-electron chi connectivity index (χ4n) is 3.47. The Morgan fingerprint density at radius 2 is 1.84 bits per heavy atom. The molecule has 2 aliphatic rings. The molecule has 3 rings (SSSR count). The van der Waals surface area contributed by atoms with E-state index in [1.54, 1.807) is 30.3 Å². The van der Waals surface area contributed by atoms with Crippen LogP contribution < -0.4 is 10.6 Å². The summed E-state index contributed by atoms with van der Waals surface area (Å²) in [5, 5.41) is 15.3. The van der Waals surface area contributed by atoms with Crippen LogP contribution in [0.2, 0.25) is 0 Å². The highest BCUT2D eigenvalue weighted by atomic mass is 35.5. The SMILES string of the molecule is Cl.O=C(O)[C@@H]1[C@@H](CC2CCNCC2)C(=O)N1C(=O)Nc1ccccc1. The van der Waals surface area contributed by atoms with Gasteiger partial charge in [0.1, 0.15) is 0 Å². The van der Waals surface area contributed by atoms with E-state index in [0.29, 0.717) is 18.0 Å². The number of para-hydroxylation sites is 1. The maximum Gasteiger partial charge on any atom is 0.329 e. The number of carboxylic acids is 1. The number of piperidine rings is 1. The van der Waals surface area contributed by atoms with Gasteiger partial charge < -0.3 is 15.7 Å². The van der Waals surface area contributed by atoms with Gasteiger partial charge in [0, 0.05) is 5.69 Å². The maximum absolute atomic E-state index is 12.4. The van der Waals surface area contributed by atoms with Crippen molar-refractivity contribution in [1.29, 1.82) is 0 Å². The predicted molar refractivity (Wildman–Crippen MR) is 94.7 cm³/mol. The van der Waals surface area contributed by atoms with Crippen molar-refractivity contribution in [2.24, 2.45) is 11.8 Å². The Kier molecular flexibility index (Phi) is 6.39. The Bertz CT molecular complexity index is 634. The van der Waals surface area contributed by atoms with E-state index in [0.717, 1.165) is 30.8 Å². The van der Waals surface area contributed by atoms with Crippen molar-refractivity contribution in [3.8, 4) is 0 Å². The standard InChI is InChI=1S/C17H21N3O4.ClH/c21-15-13(10-11-6-8-18-9-7-11)14(16(22)23)20(15)17(24)19-12-4-2-1-3-5-12;/h1-5,11,13-14,18H,6-10H2,(H,19,24)(H,22,23);1H/t13-,14+;/m1./s1. The van der Waals surface area contributed by atoms with Crippen molar-refractivity contribution >= 4 is 36.0 Å². The quantitative estimate of drug-likeness (QED) is 0.706. The number of halogens is 1. The summed E-state index contributed by atoms with van der Waals surface area (Å²) < 4.78 is 0. The predicted octanol–water partition coefficient (Wildman–Crippen LogP) is 1.94. The number of aliphatic carboxylic acids is 1. The number of hydrogen-bond donors (Lipinski definition) is 3. The molecule has 0 spiro atoms. The van der Waals surface area contributed by atoms with Crippen LogP contribution in [-0.2, 0) is 9.59 Å². The van der Waals surface area contributed by atoms with Gasteiger partial charge in [-0.25, -0.2) is 14.5 Å². The molecule has 0 unspecified atom stereocenters. The molecule has 0 aliphatic carbocycles. The van der Waals surface area contributed by atoms with Crippen LogP contribution in [0.5, 0.6) is 0 Å². The normalized spacial score (nSPS) is 23.4. The van der Waals surface area contributed by atoms with Gasteiger partial charge in [-0.15, -0.1) is 12.4 Å². The number of nitrogens with zero attached hydrogens (tertiary/aromatic N) is 1. The molecule has 7 nitrogen and oxygen atoms in total. The number of carbonyl (C=O) groups is 3. The summed E-state index contributed by atoms with van der Waals surface area (Å²) in [5.74, 6) is -1.79. The summed E-state index contributed by atoms with van der Waals surface area (Å²) in [6.45, 7) is 1.78. The van der Waals surface area contributed by atoms with Gasteiger partial charge in [0.2, 0.25) is 5.91 Å². The third-order valence-electron chi connectivity index (χ3n) is 4.76. The van der Waals surface area contributed by atoms with Crippen molar-refractivity contribution in [2.45, 2.75) is 25.3 Å². The van der Waals surface area contributed by atoms with E-state index in [-0.39, 0.29) is 12.4 Å². The minimum absolute atomic E-state index is 0. The second kappa shape index (κ2) is 8.31. The van der Waals surface area contributed by atoms with Crippen LogP contribution in [0.4, 0.5) is 10.5 Å². The van der Waals surface area contributed by atoms with Gasteiger partial charge >= 0.3 is 12.0 Å². The first kappa shape index (κ1) is 19.2. The Hall–Kier alpha value is -2.12. The number of anilines is 1. The van der Waals surface area contributed by atoms with Crippen LogP contribution >= 0.6 is 12.4 Å². The van der Waals surface area contributed by atoms with Gasteiger partial charge in [-0.3, -0.25) is 4.79 Å². The Labute approximate surface area is 152 Å². The molecular weight excluding hydrogens is 346 g/mol. The maximum atomic E-state index is 12.4. The summed E-state index contributed by atoms with van der Waals surface area (Å²) in [4.78, 5) is 37.0. The second-order valence-electron chi connectivity index (χ2n) is 6.32. The third-order valence-corrected chi connectivity index (χ3v) is 4.76. The minimum atomic E-state index is -1.13. The number of nitrogens with one attached hydrogen (secondary N) is 2. The van der Waals surface area contributed by atoms with Gasteiger partial charge in [0.15, 0.2) is 6.04 Å². The monoisotopic (exact) mass is 367 g/mol. The molecule has 1 aromatic carbocycles. The van der Waals surface area contributed by atoms with Crippen molar-refractivity contribution in [3.63, 3.8) is 0 Å². The smallest absolute Gasteiger partial charge is 0.329 e.